The monoisotopic (exact) mass is 1030 g/mol. The van der Waals surface area contributed by atoms with E-state index in [1.54, 1.807) is 22.3 Å². The Kier molecular flexibility index (Phi) is 12.1. The first-order valence-electron chi connectivity index (χ1n) is 17.5. The number of hydrogen-bond donors (Lipinski definition) is 0. The van der Waals surface area contributed by atoms with Crippen LogP contribution in [0.5, 0.6) is 0 Å². The molecule has 256 valence electrons. The van der Waals surface area contributed by atoms with Gasteiger partial charge in [-0.3, -0.25) is 0 Å². The van der Waals surface area contributed by atoms with E-state index >= 15 is 0 Å². The van der Waals surface area contributed by atoms with Gasteiger partial charge in [-0.15, -0.1) is 24.8 Å². The topological polar surface area (TPSA) is 0 Å². The van der Waals surface area contributed by atoms with Crippen molar-refractivity contribution in [3.8, 4) is 0 Å². The fourth-order valence-electron chi connectivity index (χ4n) is 8.73. The van der Waals surface area contributed by atoms with Crippen LogP contribution in [0.25, 0.3) is 24.3 Å². The average molecular weight is 1030 g/mol. The summed E-state index contributed by atoms with van der Waals surface area (Å²) >= 11 is -4.34. The quantitative estimate of drug-likeness (QED) is 0.179. The summed E-state index contributed by atoms with van der Waals surface area (Å²) in [5, 5.41) is 0. The summed E-state index contributed by atoms with van der Waals surface area (Å²) in [4.78, 5) is 0. The van der Waals surface area contributed by atoms with Gasteiger partial charge in [-0.25, -0.2) is 0 Å². The third-order valence-corrected chi connectivity index (χ3v) is 30.0. The van der Waals surface area contributed by atoms with Gasteiger partial charge in [-0.05, 0) is 0 Å². The predicted octanol–water partition coefficient (Wildman–Crippen LogP) is 12.5. The maximum absolute atomic E-state index is 4.85. The average Bonchev–Trinajstić information content (AvgIpc) is 3.88. The number of fused-ring (bicyclic) bond motifs is 4. The van der Waals surface area contributed by atoms with E-state index in [0.29, 0.717) is 14.7 Å². The molecule has 0 bridgehead atoms. The molecule has 50 heavy (non-hydrogen) atoms. The molecule has 4 aliphatic rings. The molecule has 4 heteroatoms. The Hall–Kier alpha value is -2.10. The third-order valence-electron chi connectivity index (χ3n) is 11.6. The van der Waals surface area contributed by atoms with Gasteiger partial charge in [0, 0.05) is 0 Å². The molecule has 0 saturated carbocycles. The van der Waals surface area contributed by atoms with E-state index in [1.165, 1.54) is 66.8 Å². The first-order chi connectivity index (χ1) is 23.0. The van der Waals surface area contributed by atoms with Crippen molar-refractivity contribution in [2.45, 2.75) is 70.1 Å². The van der Waals surface area contributed by atoms with Gasteiger partial charge in [-0.1, -0.05) is 0 Å². The molecule has 0 aliphatic heterocycles. The molecule has 0 saturated heterocycles. The minimum absolute atomic E-state index is 0. The van der Waals surface area contributed by atoms with Crippen molar-refractivity contribution >= 4 is 57.6 Å². The fraction of sp³-hybridized carbons (Fsp3) is 0.261. The van der Waals surface area contributed by atoms with Crippen LogP contribution >= 0.6 is 24.8 Å². The van der Waals surface area contributed by atoms with Crippen molar-refractivity contribution in [2.24, 2.45) is 0 Å². The summed E-state index contributed by atoms with van der Waals surface area (Å²) in [6.07, 6.45) is 19.3. The van der Waals surface area contributed by atoms with Gasteiger partial charge in [0.1, 0.15) is 0 Å². The molecule has 0 heterocycles. The number of aryl methyl sites for hydroxylation is 8. The van der Waals surface area contributed by atoms with Crippen molar-refractivity contribution in [3.63, 3.8) is 0 Å². The van der Waals surface area contributed by atoms with E-state index in [9.17, 15) is 0 Å². The first kappa shape index (κ1) is 39.1. The summed E-state index contributed by atoms with van der Waals surface area (Å²) < 4.78 is 12.2. The third kappa shape index (κ3) is 6.66. The normalized spacial score (nSPS) is 19.5. The zero-order chi connectivity index (χ0) is 34.0. The van der Waals surface area contributed by atoms with Crippen LogP contribution in [0, 0.1) is 55.4 Å². The predicted molar refractivity (Wildman–Crippen MR) is 220 cm³/mol. The maximum atomic E-state index is 4.85. The van der Waals surface area contributed by atoms with Crippen LogP contribution < -0.4 is 0 Å². The zero-order valence-electron chi connectivity index (χ0n) is 30.8. The first-order valence-corrected chi connectivity index (χ1v) is 30.9. The molecule has 0 fully saturated rings. The number of hydrogen-bond acceptors (Lipinski definition) is 0. The molecule has 4 aliphatic carbocycles. The van der Waals surface area contributed by atoms with Crippen LogP contribution in [0.1, 0.15) is 104 Å². The molecule has 0 spiro atoms. The summed E-state index contributed by atoms with van der Waals surface area (Å²) in [6.45, 7) is 18.0. The Morgan fingerprint density at radius 3 is 0.720 bits per heavy atom. The molecule has 4 atom stereocenters. The molecule has 0 N–H and O–H groups in total. The summed E-state index contributed by atoms with van der Waals surface area (Å²) in [6, 6.07) is 18.2. The second-order valence-electron chi connectivity index (χ2n) is 14.6. The van der Waals surface area contributed by atoms with Gasteiger partial charge >= 0.3 is 307 Å². The number of halogens is 2. The van der Waals surface area contributed by atoms with E-state index in [-0.39, 0.29) is 24.8 Å². The van der Waals surface area contributed by atoms with E-state index in [0.717, 1.165) is 0 Å². The molecule has 0 radical (unpaired) electrons. The molecule has 4 aromatic rings. The number of benzene rings is 4. The van der Waals surface area contributed by atoms with Gasteiger partial charge in [0.2, 0.25) is 0 Å². The van der Waals surface area contributed by atoms with E-state index < -0.39 is 41.9 Å². The molecule has 0 amide bonds. The van der Waals surface area contributed by atoms with Gasteiger partial charge < -0.3 is 0 Å². The van der Waals surface area contributed by atoms with Crippen molar-refractivity contribution in [3.05, 3.63) is 162 Å². The van der Waals surface area contributed by atoms with Crippen molar-refractivity contribution in [1.82, 2.24) is 0 Å². The van der Waals surface area contributed by atoms with Crippen molar-refractivity contribution in [1.29, 1.82) is 0 Å². The van der Waals surface area contributed by atoms with Crippen LogP contribution in [-0.4, -0.2) is 8.52 Å². The molecule has 4 unspecified atom stereocenters. The van der Waals surface area contributed by atoms with Crippen molar-refractivity contribution < 1.29 is 41.9 Å². The second-order valence-corrected chi connectivity index (χ2v) is 31.8. The Bertz CT molecular complexity index is 1870. The van der Waals surface area contributed by atoms with E-state index in [2.05, 4.69) is 153 Å². The van der Waals surface area contributed by atoms with Crippen LogP contribution in [0.15, 0.2) is 72.8 Å². The Labute approximate surface area is 328 Å². The minimum atomic E-state index is -2.17. The fourth-order valence-corrected chi connectivity index (χ4v) is 27.3. The number of allylic oxidation sites excluding steroid dienone is 4. The van der Waals surface area contributed by atoms with Crippen LogP contribution in [0.2, 0.25) is 0 Å². The molecular formula is C46H50Cl2Hf2. The van der Waals surface area contributed by atoms with Crippen LogP contribution in [-0.2, 0) is 41.9 Å². The van der Waals surface area contributed by atoms with Crippen LogP contribution in [0.3, 0.4) is 0 Å². The van der Waals surface area contributed by atoms with E-state index in [1.807, 2.05) is 0 Å². The van der Waals surface area contributed by atoms with Gasteiger partial charge in [0.15, 0.2) is 0 Å². The molecule has 0 aromatic heterocycles. The van der Waals surface area contributed by atoms with Gasteiger partial charge in [0.05, 0.1) is 0 Å². The Balaban J connectivity index is 0.000000187. The van der Waals surface area contributed by atoms with Gasteiger partial charge in [0.25, 0.3) is 0 Å². The summed E-state index contributed by atoms with van der Waals surface area (Å²) in [7, 11) is 0. The molecule has 0 nitrogen and oxygen atoms in total. The molecular weight excluding hydrogens is 980 g/mol. The van der Waals surface area contributed by atoms with Crippen LogP contribution in [0.4, 0.5) is 0 Å². The second kappa shape index (κ2) is 15.5. The summed E-state index contributed by atoms with van der Waals surface area (Å²) in [5.41, 5.74) is 23.6. The van der Waals surface area contributed by atoms with E-state index in [4.69, 9.17) is 8.52 Å². The van der Waals surface area contributed by atoms with Gasteiger partial charge in [-0.2, -0.15) is 0 Å². The Morgan fingerprint density at radius 1 is 0.340 bits per heavy atom. The summed E-state index contributed by atoms with van der Waals surface area (Å²) in [5.74, 6) is 0. The Morgan fingerprint density at radius 2 is 0.520 bits per heavy atom. The molecule has 8 rings (SSSR count). The van der Waals surface area contributed by atoms with Crippen molar-refractivity contribution in [2.75, 3.05) is 0 Å². The SMILES string of the molecule is Cl.Cl.[CH2]=[Hf]([CH]1C=Cc2c(C)ccc(C)c21)[CH]1C=Cc2c(C)ccc(C)c21.[CH2]=[Hf]([CH]1C=Cc2c(C)ccc(C)c21)[CH]1C=Cc2c(C)ccc(C)c21. The zero-order valence-corrected chi connectivity index (χ0v) is 39.6. The standard InChI is InChI=1S/4C11H11.2CH2.2ClH.2Hf/c4*1-8-6-7-9(2)11-5-3-4-10(8)11;;;;;;/h4*3-7H,1-2H3;2*1H2;2*1H;;. The molecule has 4 aromatic carbocycles. The number of rotatable bonds is 4.